The van der Waals surface area contributed by atoms with Crippen LogP contribution in [-0.2, 0) is 13.6 Å². The van der Waals surface area contributed by atoms with Crippen molar-refractivity contribution in [3.8, 4) is 0 Å². The summed E-state index contributed by atoms with van der Waals surface area (Å²) in [6.45, 7) is 5.14. The summed E-state index contributed by atoms with van der Waals surface area (Å²) >= 11 is 1.68. The van der Waals surface area contributed by atoms with Crippen molar-refractivity contribution in [2.45, 2.75) is 70.5 Å². The zero-order valence-corrected chi connectivity index (χ0v) is 15.7. The third-order valence-corrected chi connectivity index (χ3v) is 5.25. The Hall–Kier alpha value is -1.50. The predicted octanol–water partition coefficient (Wildman–Crippen LogP) is 3.29. The highest BCUT2D eigenvalue weighted by molar-refractivity contribution is 7.99. The van der Waals surface area contributed by atoms with Gasteiger partial charge in [0.1, 0.15) is 0 Å². The molecule has 134 valence electrons. The molecule has 0 fully saturated rings. The number of H-pyrrole nitrogens is 1. The molecule has 0 amide bonds. The molecule has 0 atom stereocenters. The molecule has 2 heterocycles. The van der Waals surface area contributed by atoms with E-state index in [0.29, 0.717) is 11.2 Å². The molecule has 2 aromatic rings. The second-order valence-electron chi connectivity index (χ2n) is 6.15. The normalized spacial score (nSPS) is 11.5. The Morgan fingerprint density at radius 1 is 1.04 bits per heavy atom. The second kappa shape index (κ2) is 9.11. The zero-order valence-electron chi connectivity index (χ0n) is 14.9. The molecule has 7 heteroatoms. The highest BCUT2D eigenvalue weighted by atomic mass is 32.2. The fourth-order valence-electron chi connectivity index (χ4n) is 2.74. The number of aryl methyl sites for hydroxylation is 2. The van der Waals surface area contributed by atoms with Crippen LogP contribution >= 0.6 is 11.8 Å². The van der Waals surface area contributed by atoms with Crippen LogP contribution < -0.4 is 11.2 Å². The van der Waals surface area contributed by atoms with E-state index in [2.05, 4.69) is 23.8 Å². The van der Waals surface area contributed by atoms with E-state index in [-0.39, 0.29) is 5.56 Å². The fourth-order valence-corrected chi connectivity index (χ4v) is 3.76. The van der Waals surface area contributed by atoms with E-state index < -0.39 is 5.69 Å². The van der Waals surface area contributed by atoms with Gasteiger partial charge in [0.25, 0.3) is 5.56 Å². The van der Waals surface area contributed by atoms with Gasteiger partial charge in [-0.05, 0) is 12.8 Å². The van der Waals surface area contributed by atoms with Gasteiger partial charge in [-0.3, -0.25) is 14.3 Å². The van der Waals surface area contributed by atoms with E-state index in [0.717, 1.165) is 36.7 Å². The van der Waals surface area contributed by atoms with Gasteiger partial charge in [-0.15, -0.1) is 0 Å². The monoisotopic (exact) mass is 352 g/mol. The van der Waals surface area contributed by atoms with Crippen LogP contribution in [0.3, 0.4) is 0 Å². The Bertz CT molecular complexity index is 775. The lowest BCUT2D eigenvalue weighted by atomic mass is 10.2. The van der Waals surface area contributed by atoms with Crippen molar-refractivity contribution in [2.75, 3.05) is 5.75 Å². The van der Waals surface area contributed by atoms with Crippen LogP contribution in [0, 0.1) is 0 Å². The quantitative estimate of drug-likeness (QED) is 0.526. The molecule has 6 nitrogen and oxygen atoms in total. The number of fused-ring (bicyclic) bond motifs is 1. The predicted molar refractivity (Wildman–Crippen MR) is 100.0 cm³/mol. The minimum atomic E-state index is -0.411. The second-order valence-corrected chi connectivity index (χ2v) is 7.21. The Labute approximate surface area is 146 Å². The summed E-state index contributed by atoms with van der Waals surface area (Å²) in [5, 5.41) is 0.851. The van der Waals surface area contributed by atoms with Crippen molar-refractivity contribution < 1.29 is 0 Å². The number of hydrogen-bond donors (Lipinski definition) is 1. The van der Waals surface area contributed by atoms with Gasteiger partial charge < -0.3 is 4.57 Å². The topological polar surface area (TPSA) is 72.7 Å². The van der Waals surface area contributed by atoms with Crippen molar-refractivity contribution in [3.63, 3.8) is 0 Å². The van der Waals surface area contributed by atoms with E-state index in [1.165, 1.54) is 30.3 Å². The molecule has 0 aromatic carbocycles. The van der Waals surface area contributed by atoms with E-state index in [1.54, 1.807) is 18.8 Å². The van der Waals surface area contributed by atoms with Gasteiger partial charge >= 0.3 is 5.69 Å². The summed E-state index contributed by atoms with van der Waals surface area (Å²) in [6, 6.07) is 0. The maximum absolute atomic E-state index is 12.3. The van der Waals surface area contributed by atoms with E-state index in [9.17, 15) is 9.59 Å². The molecule has 24 heavy (non-hydrogen) atoms. The van der Waals surface area contributed by atoms with Crippen molar-refractivity contribution in [2.24, 2.45) is 7.05 Å². The number of imidazole rings is 1. The Morgan fingerprint density at radius 2 is 1.75 bits per heavy atom. The summed E-state index contributed by atoms with van der Waals surface area (Å²) in [5.41, 5.74) is 0.256. The molecule has 0 bridgehead atoms. The zero-order chi connectivity index (χ0) is 17.5. The van der Waals surface area contributed by atoms with Gasteiger partial charge in [-0.1, -0.05) is 57.7 Å². The lowest BCUT2D eigenvalue weighted by Crippen LogP contribution is -2.29. The van der Waals surface area contributed by atoms with Crippen LogP contribution in [0.15, 0.2) is 14.7 Å². The van der Waals surface area contributed by atoms with Crippen molar-refractivity contribution in [1.29, 1.82) is 0 Å². The molecule has 0 saturated carbocycles. The molecule has 0 aliphatic heterocycles. The van der Waals surface area contributed by atoms with Gasteiger partial charge in [0.05, 0.1) is 0 Å². The van der Waals surface area contributed by atoms with Gasteiger partial charge in [0.2, 0.25) is 0 Å². The standard InChI is InChI=1S/C17H28N4O2S/c1-4-6-8-9-11-21-13-14(20(3)16(23)19-15(13)22)18-17(21)24-12-10-7-5-2/h4-12H2,1-3H3,(H,19,22,23). The summed E-state index contributed by atoms with van der Waals surface area (Å²) in [6.07, 6.45) is 8.04. The average molecular weight is 353 g/mol. The van der Waals surface area contributed by atoms with E-state index in [4.69, 9.17) is 0 Å². The largest absolute Gasteiger partial charge is 0.329 e. The van der Waals surface area contributed by atoms with Crippen LogP contribution in [0.1, 0.15) is 58.8 Å². The number of nitrogens with one attached hydrogen (secondary N) is 1. The van der Waals surface area contributed by atoms with Crippen LogP contribution in [0.25, 0.3) is 11.2 Å². The third-order valence-electron chi connectivity index (χ3n) is 4.19. The molecule has 0 saturated heterocycles. The number of thioether (sulfide) groups is 1. The average Bonchev–Trinajstić information content (AvgIpc) is 2.93. The molecule has 0 radical (unpaired) electrons. The summed E-state index contributed by atoms with van der Waals surface area (Å²) in [7, 11) is 1.65. The highest BCUT2D eigenvalue weighted by Gasteiger charge is 2.17. The van der Waals surface area contributed by atoms with Crippen molar-refractivity contribution in [1.82, 2.24) is 19.1 Å². The lowest BCUT2D eigenvalue weighted by molar-refractivity contribution is 0.562. The molecule has 2 aromatic heterocycles. The summed E-state index contributed by atoms with van der Waals surface area (Å²) in [4.78, 5) is 31.1. The van der Waals surface area contributed by atoms with Gasteiger partial charge in [0.15, 0.2) is 16.3 Å². The van der Waals surface area contributed by atoms with E-state index >= 15 is 0 Å². The van der Waals surface area contributed by atoms with Crippen molar-refractivity contribution in [3.05, 3.63) is 20.8 Å². The SMILES string of the molecule is CCCCCCn1c(SCCCCC)nc2c1c(=O)[nH]c(=O)n2C. The molecule has 0 unspecified atom stereocenters. The maximum atomic E-state index is 12.3. The van der Waals surface area contributed by atoms with Gasteiger partial charge in [-0.2, -0.15) is 0 Å². The van der Waals surface area contributed by atoms with Gasteiger partial charge in [-0.25, -0.2) is 9.78 Å². The Kier molecular flexibility index (Phi) is 7.15. The highest BCUT2D eigenvalue weighted by Crippen LogP contribution is 2.23. The fraction of sp³-hybridized carbons (Fsp3) is 0.706. The first kappa shape index (κ1) is 18.8. The van der Waals surface area contributed by atoms with Crippen LogP contribution in [0.2, 0.25) is 0 Å². The third kappa shape index (κ3) is 4.32. The molecule has 0 aliphatic rings. The molecule has 0 spiro atoms. The number of hydrogen-bond acceptors (Lipinski definition) is 4. The number of unbranched alkanes of at least 4 members (excludes halogenated alkanes) is 5. The smallest absolute Gasteiger partial charge is 0.313 e. The minimum absolute atomic E-state index is 0.337. The summed E-state index contributed by atoms with van der Waals surface area (Å²) < 4.78 is 3.43. The Balaban J connectivity index is 2.34. The Morgan fingerprint density at radius 3 is 2.46 bits per heavy atom. The lowest BCUT2D eigenvalue weighted by Gasteiger charge is -2.08. The molecule has 0 aliphatic carbocycles. The number of nitrogens with zero attached hydrogens (tertiary/aromatic N) is 3. The maximum Gasteiger partial charge on any atom is 0.329 e. The van der Waals surface area contributed by atoms with Crippen LogP contribution in [0.4, 0.5) is 0 Å². The van der Waals surface area contributed by atoms with Crippen LogP contribution in [0.5, 0.6) is 0 Å². The number of rotatable bonds is 10. The molecule has 2 rings (SSSR count). The van der Waals surface area contributed by atoms with Gasteiger partial charge in [0, 0.05) is 19.3 Å². The summed E-state index contributed by atoms with van der Waals surface area (Å²) in [5.74, 6) is 0.984. The number of aromatic nitrogens is 4. The first-order chi connectivity index (χ1) is 11.6. The number of aromatic amines is 1. The molecular weight excluding hydrogens is 324 g/mol. The van der Waals surface area contributed by atoms with Crippen molar-refractivity contribution >= 4 is 22.9 Å². The molecule has 1 N–H and O–H groups in total. The molecular formula is C17H28N4O2S. The minimum Gasteiger partial charge on any atom is -0.313 e. The van der Waals surface area contributed by atoms with Crippen LogP contribution in [-0.4, -0.2) is 24.9 Å². The first-order valence-electron chi connectivity index (χ1n) is 8.92. The first-order valence-corrected chi connectivity index (χ1v) is 9.91. The van der Waals surface area contributed by atoms with E-state index in [1.807, 2.05) is 4.57 Å².